The molecule has 1 unspecified atom stereocenters. The molecule has 2 heterocycles. The third-order valence-electron chi connectivity index (χ3n) is 9.04. The van der Waals surface area contributed by atoms with Gasteiger partial charge in [0, 0.05) is 37.2 Å². The number of nitrogens with zero attached hydrogens (tertiary/aromatic N) is 2. The normalized spacial score (nSPS) is 16.4. The molecule has 0 aromatic heterocycles. The van der Waals surface area contributed by atoms with Crippen molar-refractivity contribution >= 4 is 28.9 Å². The number of nitrogens with one attached hydrogen (secondary N) is 1. The number of hydrogen-bond donors (Lipinski definition) is 3. The minimum Gasteiger partial charge on any atom is -0.508 e. The highest BCUT2D eigenvalue weighted by Gasteiger charge is 2.39. The molecule has 0 bridgehead atoms. The van der Waals surface area contributed by atoms with E-state index in [4.69, 9.17) is 4.74 Å². The summed E-state index contributed by atoms with van der Waals surface area (Å²) in [6, 6.07) is 24.2. The lowest BCUT2D eigenvalue weighted by molar-refractivity contribution is -0.136. The van der Waals surface area contributed by atoms with E-state index >= 15 is 4.39 Å². The number of ether oxygens (including phenoxy) is 1. The largest absolute Gasteiger partial charge is 0.508 e. The van der Waals surface area contributed by atoms with Crippen molar-refractivity contribution in [2.75, 3.05) is 20.2 Å². The van der Waals surface area contributed by atoms with Gasteiger partial charge in [-0.25, -0.2) is 4.39 Å². The molecule has 252 valence electrons. The number of halogens is 1. The van der Waals surface area contributed by atoms with Gasteiger partial charge in [0.25, 0.3) is 5.91 Å². The number of likely N-dealkylation sites (N-methyl/N-ethyl adjacent to an activating group) is 1. The fraction of sp³-hybridized carbons (Fsp3) is 0.256. The van der Waals surface area contributed by atoms with Gasteiger partial charge in [0.1, 0.15) is 35.7 Å². The van der Waals surface area contributed by atoms with E-state index < -0.39 is 23.7 Å². The molecule has 3 amide bonds. The molecule has 4 aromatic carbocycles. The van der Waals surface area contributed by atoms with Crippen molar-refractivity contribution < 1.29 is 33.7 Å². The SMILES string of the molecule is CCC(=C(c1ccc(O)cc1)c1ccc(OCCN(C)Cc2cc3c(cc2F)C(=O)N(C2CCC(=O)NC2=O)C3)cc1)c1ccc(O)cc1. The number of carbonyl (C=O) groups excluding carboxylic acids is 3. The van der Waals surface area contributed by atoms with Gasteiger partial charge < -0.3 is 19.8 Å². The van der Waals surface area contributed by atoms with Crippen molar-refractivity contribution in [3.63, 3.8) is 0 Å². The van der Waals surface area contributed by atoms with Gasteiger partial charge in [0.2, 0.25) is 11.8 Å². The number of phenols is 2. The third-order valence-corrected chi connectivity index (χ3v) is 9.04. The van der Waals surface area contributed by atoms with E-state index in [-0.39, 0.29) is 42.4 Å². The van der Waals surface area contributed by atoms with E-state index in [2.05, 4.69) is 12.2 Å². The van der Waals surface area contributed by atoms with Crippen molar-refractivity contribution in [2.45, 2.75) is 45.3 Å². The van der Waals surface area contributed by atoms with Crippen LogP contribution in [-0.4, -0.2) is 64.0 Å². The first-order valence-electron chi connectivity index (χ1n) is 16.3. The zero-order valence-corrected chi connectivity index (χ0v) is 27.4. The summed E-state index contributed by atoms with van der Waals surface area (Å²) < 4.78 is 21.2. The zero-order valence-electron chi connectivity index (χ0n) is 27.4. The highest BCUT2D eigenvalue weighted by Crippen LogP contribution is 2.36. The smallest absolute Gasteiger partial charge is 0.255 e. The Balaban J connectivity index is 1.10. The first-order chi connectivity index (χ1) is 23.6. The van der Waals surface area contributed by atoms with Crippen LogP contribution in [0.15, 0.2) is 84.9 Å². The Morgan fingerprint density at radius 3 is 2.14 bits per heavy atom. The van der Waals surface area contributed by atoms with Crippen LogP contribution in [0.1, 0.15) is 64.4 Å². The molecule has 10 heteroatoms. The van der Waals surface area contributed by atoms with Crippen molar-refractivity contribution in [2.24, 2.45) is 0 Å². The summed E-state index contributed by atoms with van der Waals surface area (Å²) in [6.07, 6.45) is 1.15. The molecular formula is C39H38FN3O6. The molecule has 2 aliphatic heterocycles. The van der Waals surface area contributed by atoms with Gasteiger partial charge in [0.15, 0.2) is 0 Å². The lowest BCUT2D eigenvalue weighted by Crippen LogP contribution is -2.52. The molecule has 0 aliphatic carbocycles. The van der Waals surface area contributed by atoms with Crippen LogP contribution in [0.5, 0.6) is 17.2 Å². The van der Waals surface area contributed by atoms with Gasteiger partial charge in [0.05, 0.1) is 0 Å². The number of carbonyl (C=O) groups is 3. The van der Waals surface area contributed by atoms with Crippen LogP contribution in [-0.2, 0) is 22.7 Å². The number of phenolic OH excluding ortho intramolecular Hbond substituents is 2. The molecule has 0 saturated carbocycles. The third kappa shape index (κ3) is 7.34. The van der Waals surface area contributed by atoms with Gasteiger partial charge in [-0.15, -0.1) is 0 Å². The average molecular weight is 664 g/mol. The number of hydrogen-bond acceptors (Lipinski definition) is 7. The number of benzene rings is 4. The maximum atomic E-state index is 15.1. The number of fused-ring (bicyclic) bond motifs is 1. The van der Waals surface area contributed by atoms with E-state index in [0.717, 1.165) is 34.3 Å². The van der Waals surface area contributed by atoms with Crippen molar-refractivity contribution in [1.29, 1.82) is 0 Å². The summed E-state index contributed by atoms with van der Waals surface area (Å²) in [5.41, 5.74) is 6.37. The fourth-order valence-electron chi connectivity index (χ4n) is 6.50. The van der Waals surface area contributed by atoms with E-state index in [9.17, 15) is 24.6 Å². The summed E-state index contributed by atoms with van der Waals surface area (Å²) in [5.74, 6) is -0.680. The standard InChI is InChI=1S/C39H38FN3O6/c1-3-32(24-4-10-29(44)11-5-24)37(25-6-12-30(45)13-7-25)26-8-14-31(15-9-26)49-19-18-42(2)22-28-20-27-23-43(39(48)33(27)21-34(28)40)35-16-17-36(46)41-38(35)47/h4-15,20-21,35,44-45H,3,16-19,22-23H2,1-2H3,(H,41,46,47). The molecule has 2 aliphatic rings. The number of imide groups is 1. The number of piperidine rings is 1. The Hall–Kier alpha value is -5.48. The van der Waals surface area contributed by atoms with E-state index in [1.807, 2.05) is 60.5 Å². The van der Waals surface area contributed by atoms with Crippen LogP contribution in [0.2, 0.25) is 0 Å². The van der Waals surface area contributed by atoms with Gasteiger partial charge >= 0.3 is 0 Å². The fourth-order valence-corrected chi connectivity index (χ4v) is 6.50. The Labute approximate surface area is 284 Å². The number of allylic oxidation sites excluding steroid dienone is 1. The van der Waals surface area contributed by atoms with Crippen LogP contribution in [0.25, 0.3) is 11.1 Å². The van der Waals surface area contributed by atoms with Gasteiger partial charge in [-0.1, -0.05) is 43.3 Å². The first kappa shape index (κ1) is 33.4. The highest BCUT2D eigenvalue weighted by molar-refractivity contribution is 6.05. The molecule has 49 heavy (non-hydrogen) atoms. The maximum Gasteiger partial charge on any atom is 0.255 e. The molecule has 9 nitrogen and oxygen atoms in total. The summed E-state index contributed by atoms with van der Waals surface area (Å²) in [6.45, 7) is 3.44. The monoisotopic (exact) mass is 663 g/mol. The molecule has 3 N–H and O–H groups in total. The van der Waals surface area contributed by atoms with Crippen LogP contribution >= 0.6 is 0 Å². The molecule has 4 aromatic rings. The Kier molecular flexibility index (Phi) is 9.77. The molecule has 1 fully saturated rings. The van der Waals surface area contributed by atoms with Gasteiger partial charge in [-0.2, -0.15) is 0 Å². The maximum absolute atomic E-state index is 15.1. The van der Waals surface area contributed by atoms with Crippen LogP contribution < -0.4 is 10.1 Å². The van der Waals surface area contributed by atoms with Crippen LogP contribution in [0, 0.1) is 5.82 Å². The average Bonchev–Trinajstić information content (AvgIpc) is 3.39. The topological polar surface area (TPSA) is 119 Å². The number of aromatic hydroxyl groups is 2. The predicted octanol–water partition coefficient (Wildman–Crippen LogP) is 5.88. The first-order valence-corrected chi connectivity index (χ1v) is 16.3. The quantitative estimate of drug-likeness (QED) is 0.136. The molecule has 0 radical (unpaired) electrons. The number of rotatable bonds is 11. The second-order valence-corrected chi connectivity index (χ2v) is 12.4. The predicted molar refractivity (Wildman–Crippen MR) is 183 cm³/mol. The lowest BCUT2D eigenvalue weighted by Gasteiger charge is -2.29. The van der Waals surface area contributed by atoms with Crippen LogP contribution in [0.4, 0.5) is 4.39 Å². The van der Waals surface area contributed by atoms with Crippen molar-refractivity contribution in [3.05, 3.63) is 124 Å². The molecule has 0 spiro atoms. The molecule has 1 saturated heterocycles. The van der Waals surface area contributed by atoms with E-state index in [1.54, 1.807) is 30.3 Å². The number of amides is 3. The second kappa shape index (κ2) is 14.3. The van der Waals surface area contributed by atoms with Gasteiger partial charge in [-0.3, -0.25) is 24.6 Å². The molecular weight excluding hydrogens is 625 g/mol. The highest BCUT2D eigenvalue weighted by atomic mass is 19.1. The lowest BCUT2D eigenvalue weighted by atomic mass is 9.88. The van der Waals surface area contributed by atoms with Crippen molar-refractivity contribution in [3.8, 4) is 17.2 Å². The molecule has 1 atom stereocenters. The van der Waals surface area contributed by atoms with Crippen molar-refractivity contribution in [1.82, 2.24) is 15.1 Å². The Morgan fingerprint density at radius 2 is 1.53 bits per heavy atom. The summed E-state index contributed by atoms with van der Waals surface area (Å²) >= 11 is 0. The summed E-state index contributed by atoms with van der Waals surface area (Å²) in [4.78, 5) is 40.3. The minimum absolute atomic E-state index is 0.159. The van der Waals surface area contributed by atoms with E-state index in [0.29, 0.717) is 36.6 Å². The minimum atomic E-state index is -0.749. The molecule has 6 rings (SSSR count). The summed E-state index contributed by atoms with van der Waals surface area (Å²) in [5, 5.41) is 22.0. The zero-order chi connectivity index (χ0) is 34.7. The van der Waals surface area contributed by atoms with E-state index in [1.165, 1.54) is 11.0 Å². The Bertz CT molecular complexity index is 1910. The Morgan fingerprint density at radius 1 is 0.918 bits per heavy atom. The van der Waals surface area contributed by atoms with Gasteiger partial charge in [-0.05, 0) is 102 Å². The van der Waals surface area contributed by atoms with Crippen LogP contribution in [0.3, 0.4) is 0 Å². The second-order valence-electron chi connectivity index (χ2n) is 12.4. The summed E-state index contributed by atoms with van der Waals surface area (Å²) in [7, 11) is 1.87.